The van der Waals surface area contributed by atoms with E-state index in [4.69, 9.17) is 4.52 Å². The minimum atomic E-state index is -1.04. The first-order chi connectivity index (χ1) is 12.1. The normalized spacial score (nSPS) is 16.8. The fourth-order valence-corrected chi connectivity index (χ4v) is 3.48. The van der Waals surface area contributed by atoms with Gasteiger partial charge in [-0.15, -0.1) is 0 Å². The van der Waals surface area contributed by atoms with Crippen LogP contribution in [0.25, 0.3) is 0 Å². The summed E-state index contributed by atoms with van der Waals surface area (Å²) in [4.78, 5) is 26.1. The van der Waals surface area contributed by atoms with Crippen molar-refractivity contribution in [3.63, 3.8) is 0 Å². The number of hydrogen-bond donors (Lipinski definition) is 1. The van der Waals surface area contributed by atoms with Gasteiger partial charge in [0.1, 0.15) is 0 Å². The predicted molar refractivity (Wildman–Crippen MR) is 91.4 cm³/mol. The summed E-state index contributed by atoms with van der Waals surface area (Å²) >= 11 is 0. The van der Waals surface area contributed by atoms with Crippen LogP contribution in [0.3, 0.4) is 0 Å². The Morgan fingerprint density at radius 2 is 2.04 bits per heavy atom. The van der Waals surface area contributed by atoms with Crippen molar-refractivity contribution in [3.8, 4) is 0 Å². The Kier molecular flexibility index (Phi) is 4.88. The van der Waals surface area contributed by atoms with Gasteiger partial charge in [0.2, 0.25) is 5.76 Å². The van der Waals surface area contributed by atoms with Crippen LogP contribution in [0.15, 0.2) is 34.9 Å². The van der Waals surface area contributed by atoms with E-state index in [9.17, 15) is 14.7 Å². The molecule has 1 aliphatic heterocycles. The van der Waals surface area contributed by atoms with E-state index in [0.717, 1.165) is 24.1 Å². The summed E-state index contributed by atoms with van der Waals surface area (Å²) in [5.41, 5.74) is 2.38. The first-order valence-electron chi connectivity index (χ1n) is 8.65. The number of fused-ring (bicyclic) bond motifs is 1. The zero-order valence-corrected chi connectivity index (χ0v) is 14.4. The number of carbonyl (C=O) groups is 2. The van der Waals surface area contributed by atoms with Crippen LogP contribution in [-0.4, -0.2) is 33.6 Å². The Morgan fingerprint density at radius 3 is 2.72 bits per heavy atom. The van der Waals surface area contributed by atoms with E-state index in [2.05, 4.69) is 19.0 Å². The molecule has 3 rings (SSSR count). The lowest BCUT2D eigenvalue weighted by molar-refractivity contribution is -0.143. The van der Waals surface area contributed by atoms with Crippen LogP contribution >= 0.6 is 0 Å². The highest BCUT2D eigenvalue weighted by molar-refractivity contribution is 5.95. The van der Waals surface area contributed by atoms with Crippen molar-refractivity contribution in [1.82, 2.24) is 10.1 Å². The number of carboxylic acids is 1. The van der Waals surface area contributed by atoms with E-state index in [1.807, 2.05) is 12.1 Å². The van der Waals surface area contributed by atoms with E-state index in [-0.39, 0.29) is 11.7 Å². The van der Waals surface area contributed by atoms with Crippen LogP contribution in [0.1, 0.15) is 66.0 Å². The molecule has 1 N–H and O–H groups in total. The molecule has 0 saturated heterocycles. The van der Waals surface area contributed by atoms with Crippen molar-refractivity contribution in [2.24, 2.45) is 0 Å². The van der Waals surface area contributed by atoms with Crippen molar-refractivity contribution in [2.45, 2.75) is 45.1 Å². The molecule has 6 heteroatoms. The molecular formula is C19H22N2O4. The van der Waals surface area contributed by atoms with Crippen LogP contribution in [-0.2, 0) is 11.2 Å². The molecule has 2 aromatic rings. The van der Waals surface area contributed by atoms with Gasteiger partial charge in [0.05, 0.1) is 5.69 Å². The van der Waals surface area contributed by atoms with E-state index < -0.39 is 17.9 Å². The molecule has 132 valence electrons. The van der Waals surface area contributed by atoms with Gasteiger partial charge in [-0.25, -0.2) is 4.79 Å². The third kappa shape index (κ3) is 3.16. The van der Waals surface area contributed by atoms with Gasteiger partial charge < -0.3 is 14.5 Å². The number of benzene rings is 1. The highest BCUT2D eigenvalue weighted by Gasteiger charge is 2.37. The number of carboxylic acid groups (broad SMARTS) is 1. The number of amides is 1. The van der Waals surface area contributed by atoms with E-state index in [1.54, 1.807) is 18.2 Å². The lowest BCUT2D eigenvalue weighted by Gasteiger charge is -2.34. The smallest absolute Gasteiger partial charge is 0.331 e. The van der Waals surface area contributed by atoms with Crippen LogP contribution in [0.4, 0.5) is 0 Å². The molecule has 0 aliphatic carbocycles. The lowest BCUT2D eigenvalue weighted by atomic mass is 9.92. The van der Waals surface area contributed by atoms with Gasteiger partial charge in [-0.05, 0) is 30.4 Å². The van der Waals surface area contributed by atoms with Crippen LogP contribution in [0.2, 0.25) is 0 Å². The number of aliphatic carboxylic acids is 1. The molecule has 1 aromatic carbocycles. The Balaban J connectivity index is 1.90. The summed E-state index contributed by atoms with van der Waals surface area (Å²) < 4.78 is 5.25. The standard InChI is InChI=1S/C19H22N2O4/c1-3-12(4-2)15-11-16(25-20-15)18(22)21-10-9-13-7-5-6-8-14(13)17(21)19(23)24/h5-8,11-12,17H,3-4,9-10H2,1-2H3,(H,23,24). The monoisotopic (exact) mass is 342 g/mol. The Morgan fingerprint density at radius 1 is 1.32 bits per heavy atom. The van der Waals surface area contributed by atoms with Gasteiger partial charge >= 0.3 is 5.97 Å². The summed E-state index contributed by atoms with van der Waals surface area (Å²) in [5, 5.41) is 13.7. The number of rotatable bonds is 5. The van der Waals surface area contributed by atoms with Gasteiger partial charge in [-0.2, -0.15) is 0 Å². The van der Waals surface area contributed by atoms with Crippen molar-refractivity contribution in [1.29, 1.82) is 0 Å². The molecule has 0 bridgehead atoms. The maximum Gasteiger partial charge on any atom is 0.331 e. The van der Waals surface area contributed by atoms with Gasteiger partial charge in [0.15, 0.2) is 6.04 Å². The molecular weight excluding hydrogens is 320 g/mol. The van der Waals surface area contributed by atoms with Gasteiger partial charge in [0.25, 0.3) is 5.91 Å². The van der Waals surface area contributed by atoms with Crippen molar-refractivity contribution in [2.75, 3.05) is 6.54 Å². The van der Waals surface area contributed by atoms with Crippen LogP contribution in [0.5, 0.6) is 0 Å². The van der Waals surface area contributed by atoms with Crippen LogP contribution in [0, 0.1) is 0 Å². The van der Waals surface area contributed by atoms with E-state index in [1.165, 1.54) is 4.90 Å². The maximum atomic E-state index is 12.9. The summed E-state index contributed by atoms with van der Waals surface area (Å²) in [6.45, 7) is 4.46. The average Bonchev–Trinajstić information content (AvgIpc) is 3.11. The van der Waals surface area contributed by atoms with E-state index in [0.29, 0.717) is 18.5 Å². The summed E-state index contributed by atoms with van der Waals surface area (Å²) in [7, 11) is 0. The first-order valence-corrected chi connectivity index (χ1v) is 8.65. The second-order valence-electron chi connectivity index (χ2n) is 6.32. The molecule has 0 spiro atoms. The molecule has 1 amide bonds. The molecule has 0 fully saturated rings. The quantitative estimate of drug-likeness (QED) is 0.900. The number of hydrogen-bond acceptors (Lipinski definition) is 4. The topological polar surface area (TPSA) is 83.6 Å². The minimum Gasteiger partial charge on any atom is -0.479 e. The zero-order chi connectivity index (χ0) is 18.0. The first kappa shape index (κ1) is 17.2. The van der Waals surface area contributed by atoms with Gasteiger partial charge in [-0.3, -0.25) is 4.79 Å². The molecule has 0 saturated carbocycles. The molecule has 1 aliphatic rings. The van der Waals surface area contributed by atoms with Crippen molar-refractivity contribution in [3.05, 3.63) is 52.9 Å². The summed E-state index contributed by atoms with van der Waals surface area (Å²) in [5.74, 6) is -1.12. The molecule has 25 heavy (non-hydrogen) atoms. The average molecular weight is 342 g/mol. The third-order valence-corrected chi connectivity index (χ3v) is 4.92. The fourth-order valence-electron chi connectivity index (χ4n) is 3.48. The Bertz CT molecular complexity index is 779. The van der Waals surface area contributed by atoms with Gasteiger partial charge in [0, 0.05) is 18.5 Å². The molecule has 1 atom stereocenters. The number of carbonyl (C=O) groups excluding carboxylic acids is 1. The predicted octanol–water partition coefficient (Wildman–Crippen LogP) is 3.40. The molecule has 0 radical (unpaired) electrons. The number of nitrogens with zero attached hydrogens (tertiary/aromatic N) is 2. The fraction of sp³-hybridized carbons (Fsp3) is 0.421. The zero-order valence-electron chi connectivity index (χ0n) is 14.4. The molecule has 1 unspecified atom stereocenters. The SMILES string of the molecule is CCC(CC)c1cc(C(=O)N2CCc3ccccc3C2C(=O)O)on1. The highest BCUT2D eigenvalue weighted by Crippen LogP contribution is 2.32. The minimum absolute atomic E-state index is 0.104. The second-order valence-corrected chi connectivity index (χ2v) is 6.32. The summed E-state index contributed by atoms with van der Waals surface area (Å²) in [6, 6.07) is 8.00. The lowest BCUT2D eigenvalue weighted by Crippen LogP contribution is -2.43. The second kappa shape index (κ2) is 7.09. The molecule has 1 aromatic heterocycles. The molecule has 2 heterocycles. The number of aromatic nitrogens is 1. The van der Waals surface area contributed by atoms with Crippen molar-refractivity contribution >= 4 is 11.9 Å². The van der Waals surface area contributed by atoms with E-state index >= 15 is 0 Å². The maximum absolute atomic E-state index is 12.9. The van der Waals surface area contributed by atoms with Gasteiger partial charge in [-0.1, -0.05) is 43.3 Å². The third-order valence-electron chi connectivity index (χ3n) is 4.92. The highest BCUT2D eigenvalue weighted by atomic mass is 16.5. The summed E-state index contributed by atoms with van der Waals surface area (Å²) in [6.07, 6.45) is 2.44. The largest absolute Gasteiger partial charge is 0.479 e. The Labute approximate surface area is 146 Å². The molecule has 6 nitrogen and oxygen atoms in total. The Hall–Kier alpha value is -2.63. The van der Waals surface area contributed by atoms with Crippen molar-refractivity contribution < 1.29 is 19.2 Å². The van der Waals surface area contributed by atoms with Crippen LogP contribution < -0.4 is 0 Å².